The normalized spacial score (nSPS) is 11.0. The van der Waals surface area contributed by atoms with E-state index in [9.17, 15) is 4.39 Å². The zero-order valence-electron chi connectivity index (χ0n) is 13.7. The minimum absolute atomic E-state index is 0.263. The maximum atomic E-state index is 13.3. The Morgan fingerprint density at radius 3 is 2.60 bits per heavy atom. The number of rotatable bonds is 4. The first-order valence-corrected chi connectivity index (χ1v) is 7.96. The third kappa shape index (κ3) is 2.96. The summed E-state index contributed by atoms with van der Waals surface area (Å²) in [5.74, 6) is 1.33. The number of imidazole rings is 1. The highest BCUT2D eigenvalue weighted by Crippen LogP contribution is 2.26. The molecule has 4 aromatic rings. The number of hydrogen-bond donors (Lipinski definition) is 0. The molecule has 0 aliphatic heterocycles. The third-order valence-electron chi connectivity index (χ3n) is 4.08. The summed E-state index contributed by atoms with van der Waals surface area (Å²) in [6, 6.07) is 18.0. The van der Waals surface area contributed by atoms with Crippen molar-refractivity contribution in [1.82, 2.24) is 14.5 Å². The maximum absolute atomic E-state index is 13.3. The number of nitrogens with zero attached hydrogens (tertiary/aromatic N) is 3. The lowest BCUT2D eigenvalue weighted by Gasteiger charge is -2.09. The third-order valence-corrected chi connectivity index (χ3v) is 4.08. The van der Waals surface area contributed by atoms with Crippen molar-refractivity contribution >= 4 is 11.0 Å². The predicted molar refractivity (Wildman–Crippen MR) is 94.6 cm³/mol. The van der Waals surface area contributed by atoms with Gasteiger partial charge in [-0.15, -0.1) is 0 Å². The first-order chi connectivity index (χ1) is 12.2. The summed E-state index contributed by atoms with van der Waals surface area (Å²) in [5, 5.41) is 0. The molecule has 2 aromatic carbocycles. The Morgan fingerprint density at radius 2 is 1.88 bits per heavy atom. The van der Waals surface area contributed by atoms with E-state index in [4.69, 9.17) is 9.72 Å². The van der Waals surface area contributed by atoms with Gasteiger partial charge in [0.15, 0.2) is 0 Å². The fourth-order valence-electron chi connectivity index (χ4n) is 2.90. The SMILES string of the molecule is COc1ccc2c(c1)nc(Cc1ccccn1)n2-c1ccc(F)cc1. The zero-order valence-corrected chi connectivity index (χ0v) is 13.7. The minimum atomic E-state index is -0.263. The van der Waals surface area contributed by atoms with Crippen LogP contribution in [0.5, 0.6) is 5.75 Å². The summed E-state index contributed by atoms with van der Waals surface area (Å²) >= 11 is 0. The van der Waals surface area contributed by atoms with E-state index in [1.165, 1.54) is 12.1 Å². The van der Waals surface area contributed by atoms with Gasteiger partial charge in [-0.05, 0) is 48.5 Å². The molecule has 2 aromatic heterocycles. The number of halogens is 1. The van der Waals surface area contributed by atoms with Gasteiger partial charge in [-0.2, -0.15) is 0 Å². The Kier molecular flexibility index (Phi) is 3.90. The second kappa shape index (κ2) is 6.36. The molecule has 0 fully saturated rings. The van der Waals surface area contributed by atoms with Crippen LogP contribution in [0.25, 0.3) is 16.7 Å². The number of methoxy groups -OCH3 is 1. The van der Waals surface area contributed by atoms with Crippen LogP contribution in [0.2, 0.25) is 0 Å². The van der Waals surface area contributed by atoms with Crippen molar-refractivity contribution in [2.24, 2.45) is 0 Å². The van der Waals surface area contributed by atoms with E-state index in [2.05, 4.69) is 4.98 Å². The number of ether oxygens (including phenoxy) is 1. The average molecular weight is 333 g/mol. The van der Waals surface area contributed by atoms with Gasteiger partial charge in [0.1, 0.15) is 17.4 Å². The maximum Gasteiger partial charge on any atom is 0.123 e. The molecule has 0 amide bonds. The fraction of sp³-hybridized carbons (Fsp3) is 0.100. The quantitative estimate of drug-likeness (QED) is 0.563. The van der Waals surface area contributed by atoms with E-state index in [-0.39, 0.29) is 5.82 Å². The lowest BCUT2D eigenvalue weighted by Crippen LogP contribution is -2.03. The van der Waals surface area contributed by atoms with E-state index in [0.29, 0.717) is 6.42 Å². The van der Waals surface area contributed by atoms with Crippen molar-refractivity contribution in [2.75, 3.05) is 7.11 Å². The molecule has 4 nitrogen and oxygen atoms in total. The Labute approximate surface area is 144 Å². The van der Waals surface area contributed by atoms with Crippen LogP contribution in [-0.4, -0.2) is 21.6 Å². The standard InChI is InChI=1S/C20H16FN3O/c1-25-17-9-10-19-18(13-17)23-20(12-15-4-2-3-11-22-15)24(19)16-7-5-14(21)6-8-16/h2-11,13H,12H2,1H3. The van der Waals surface area contributed by atoms with Crippen LogP contribution in [-0.2, 0) is 6.42 Å². The van der Waals surface area contributed by atoms with Crippen LogP contribution in [0.3, 0.4) is 0 Å². The van der Waals surface area contributed by atoms with Crippen LogP contribution < -0.4 is 4.74 Å². The Morgan fingerprint density at radius 1 is 1.04 bits per heavy atom. The smallest absolute Gasteiger partial charge is 0.123 e. The van der Waals surface area contributed by atoms with Crippen LogP contribution >= 0.6 is 0 Å². The molecule has 0 radical (unpaired) electrons. The molecular formula is C20H16FN3O. The van der Waals surface area contributed by atoms with Crippen LogP contribution in [0.4, 0.5) is 4.39 Å². The lowest BCUT2D eigenvalue weighted by molar-refractivity contribution is 0.415. The van der Waals surface area contributed by atoms with E-state index in [1.54, 1.807) is 25.4 Å². The van der Waals surface area contributed by atoms with Crippen molar-refractivity contribution in [3.8, 4) is 11.4 Å². The Hall–Kier alpha value is -3.21. The molecule has 0 aliphatic rings. The molecule has 0 N–H and O–H groups in total. The largest absolute Gasteiger partial charge is 0.497 e. The molecule has 0 unspecified atom stereocenters. The number of fused-ring (bicyclic) bond motifs is 1. The molecule has 0 saturated carbocycles. The summed E-state index contributed by atoms with van der Waals surface area (Å²) in [7, 11) is 1.63. The number of pyridine rings is 1. The molecule has 0 spiro atoms. The highest BCUT2D eigenvalue weighted by atomic mass is 19.1. The summed E-state index contributed by atoms with van der Waals surface area (Å²) in [4.78, 5) is 9.15. The highest BCUT2D eigenvalue weighted by molar-refractivity contribution is 5.80. The van der Waals surface area contributed by atoms with Gasteiger partial charge in [-0.1, -0.05) is 6.07 Å². The zero-order chi connectivity index (χ0) is 17.2. The van der Waals surface area contributed by atoms with E-state index < -0.39 is 0 Å². The van der Waals surface area contributed by atoms with Gasteiger partial charge in [0.05, 0.1) is 18.1 Å². The van der Waals surface area contributed by atoms with Crippen molar-refractivity contribution in [2.45, 2.75) is 6.42 Å². The van der Waals surface area contributed by atoms with Crippen molar-refractivity contribution in [1.29, 1.82) is 0 Å². The molecule has 0 atom stereocenters. The van der Waals surface area contributed by atoms with E-state index in [0.717, 1.165) is 34.0 Å². The van der Waals surface area contributed by atoms with Gasteiger partial charge in [-0.3, -0.25) is 9.55 Å². The van der Waals surface area contributed by atoms with E-state index in [1.807, 2.05) is 41.0 Å². The molecule has 25 heavy (non-hydrogen) atoms. The van der Waals surface area contributed by atoms with Gasteiger partial charge in [0.25, 0.3) is 0 Å². The summed E-state index contributed by atoms with van der Waals surface area (Å²) in [6.07, 6.45) is 2.35. The topological polar surface area (TPSA) is 39.9 Å². The van der Waals surface area contributed by atoms with E-state index >= 15 is 0 Å². The molecule has 0 bridgehead atoms. The second-order valence-corrected chi connectivity index (χ2v) is 5.69. The van der Waals surface area contributed by atoms with Crippen molar-refractivity contribution in [3.05, 3.63) is 84.2 Å². The molecule has 124 valence electrons. The number of hydrogen-bond acceptors (Lipinski definition) is 3. The first kappa shape index (κ1) is 15.3. The molecule has 0 saturated heterocycles. The van der Waals surface area contributed by atoms with Crippen molar-refractivity contribution < 1.29 is 9.13 Å². The van der Waals surface area contributed by atoms with Gasteiger partial charge in [0, 0.05) is 30.1 Å². The predicted octanol–water partition coefficient (Wildman–Crippen LogP) is 4.16. The van der Waals surface area contributed by atoms with Crippen LogP contribution in [0.1, 0.15) is 11.5 Å². The number of benzene rings is 2. The second-order valence-electron chi connectivity index (χ2n) is 5.69. The molecule has 5 heteroatoms. The van der Waals surface area contributed by atoms with Gasteiger partial charge >= 0.3 is 0 Å². The van der Waals surface area contributed by atoms with Crippen LogP contribution in [0.15, 0.2) is 66.9 Å². The molecule has 4 rings (SSSR count). The first-order valence-electron chi connectivity index (χ1n) is 7.96. The van der Waals surface area contributed by atoms with Crippen molar-refractivity contribution in [3.63, 3.8) is 0 Å². The van der Waals surface area contributed by atoms with Gasteiger partial charge in [0.2, 0.25) is 0 Å². The van der Waals surface area contributed by atoms with Crippen LogP contribution in [0, 0.1) is 5.82 Å². The highest BCUT2D eigenvalue weighted by Gasteiger charge is 2.14. The number of aromatic nitrogens is 3. The lowest BCUT2D eigenvalue weighted by atomic mass is 10.2. The van der Waals surface area contributed by atoms with Gasteiger partial charge in [-0.25, -0.2) is 9.37 Å². The minimum Gasteiger partial charge on any atom is -0.497 e. The molecule has 0 aliphatic carbocycles. The Bertz CT molecular complexity index is 1010. The molecule has 2 heterocycles. The monoisotopic (exact) mass is 333 g/mol. The average Bonchev–Trinajstić information content (AvgIpc) is 3.00. The fourth-order valence-corrected chi connectivity index (χ4v) is 2.90. The summed E-state index contributed by atoms with van der Waals surface area (Å²) in [5.41, 5.74) is 3.56. The summed E-state index contributed by atoms with van der Waals surface area (Å²) in [6.45, 7) is 0. The van der Waals surface area contributed by atoms with Gasteiger partial charge < -0.3 is 4.74 Å². The summed E-state index contributed by atoms with van der Waals surface area (Å²) < 4.78 is 20.7. The molecular weight excluding hydrogens is 317 g/mol. The Balaban J connectivity index is 1.90.